The van der Waals surface area contributed by atoms with Gasteiger partial charge in [-0.3, -0.25) is 10.1 Å². The molecule has 0 spiro atoms. The van der Waals surface area contributed by atoms with Crippen molar-refractivity contribution in [1.29, 1.82) is 0 Å². The van der Waals surface area contributed by atoms with Crippen LogP contribution in [0.5, 0.6) is 0 Å². The highest BCUT2D eigenvalue weighted by atomic mass is 35.5. The molecule has 2 aromatic carbocycles. The topological polar surface area (TPSA) is 68.9 Å². The fraction of sp³-hybridized carbons (Fsp3) is 0.0526. The van der Waals surface area contributed by atoms with Gasteiger partial charge in [-0.05, 0) is 11.1 Å². The quantitative estimate of drug-likeness (QED) is 0.265. The van der Waals surface area contributed by atoms with Gasteiger partial charge in [0.2, 0.25) is 0 Å². The van der Waals surface area contributed by atoms with Crippen LogP contribution in [0.2, 0.25) is 5.15 Å². The summed E-state index contributed by atoms with van der Waals surface area (Å²) in [4.78, 5) is 20.2. The first kappa shape index (κ1) is 16.6. The molecule has 0 aliphatic carbocycles. The summed E-state index contributed by atoms with van der Waals surface area (Å²) in [7, 11) is 0. The molecule has 0 N–H and O–H groups in total. The summed E-state index contributed by atoms with van der Waals surface area (Å²) in [5, 5.41) is 14.1. The smallest absolute Gasteiger partial charge is 0.258 e. The lowest BCUT2D eigenvalue weighted by Gasteiger charge is -2.04. The third-order valence-electron chi connectivity index (χ3n) is 4.03. The fourth-order valence-electron chi connectivity index (χ4n) is 2.77. The van der Waals surface area contributed by atoms with Crippen LogP contribution in [0, 0.1) is 10.1 Å². The zero-order chi connectivity index (χ0) is 18.1. The second kappa shape index (κ2) is 6.82. The number of fused-ring (bicyclic) bond motifs is 1. The van der Waals surface area contributed by atoms with Crippen LogP contribution in [0.3, 0.4) is 0 Å². The number of aromatic nitrogens is 2. The average Bonchev–Trinajstić information content (AvgIpc) is 3.07. The van der Waals surface area contributed by atoms with Crippen molar-refractivity contribution in [3.05, 3.63) is 86.6 Å². The minimum atomic E-state index is -0.417. The van der Waals surface area contributed by atoms with Gasteiger partial charge in [-0.2, -0.15) is 0 Å². The van der Waals surface area contributed by atoms with E-state index < -0.39 is 4.92 Å². The molecule has 5 nitrogen and oxygen atoms in total. The Labute approximate surface area is 158 Å². The highest BCUT2D eigenvalue weighted by molar-refractivity contribution is 7.17. The molecule has 4 aromatic rings. The highest BCUT2D eigenvalue weighted by Crippen LogP contribution is 2.36. The number of nitrogens with zero attached hydrogens (tertiary/aromatic N) is 3. The van der Waals surface area contributed by atoms with Gasteiger partial charge in [-0.1, -0.05) is 54.1 Å². The molecule has 0 fully saturated rings. The molecule has 2 heterocycles. The van der Waals surface area contributed by atoms with E-state index in [4.69, 9.17) is 11.6 Å². The third kappa shape index (κ3) is 3.16. The van der Waals surface area contributed by atoms with Gasteiger partial charge in [0.15, 0.2) is 0 Å². The van der Waals surface area contributed by atoms with Crippen LogP contribution in [-0.2, 0) is 6.42 Å². The maximum absolute atomic E-state index is 10.7. The van der Waals surface area contributed by atoms with Gasteiger partial charge < -0.3 is 0 Å². The second-order valence-corrected chi connectivity index (χ2v) is 6.94. The first-order valence-corrected chi connectivity index (χ1v) is 9.10. The SMILES string of the molecule is O=[N+]([O-])c1ccc(Cc2nc(Cl)c3c(-c4ccccc4)csc3n2)cc1. The Hall–Kier alpha value is -2.83. The third-order valence-corrected chi connectivity index (χ3v) is 5.18. The number of hydrogen-bond acceptors (Lipinski definition) is 5. The molecule has 2 aromatic heterocycles. The lowest BCUT2D eigenvalue weighted by Crippen LogP contribution is -1.97. The molecule has 0 unspecified atom stereocenters. The van der Waals surface area contributed by atoms with Crippen molar-refractivity contribution in [2.45, 2.75) is 6.42 Å². The summed E-state index contributed by atoms with van der Waals surface area (Å²) in [6.45, 7) is 0. The average molecular weight is 382 g/mol. The van der Waals surface area contributed by atoms with E-state index in [0.29, 0.717) is 17.4 Å². The first-order chi connectivity index (χ1) is 12.6. The van der Waals surface area contributed by atoms with E-state index in [2.05, 4.69) is 9.97 Å². The van der Waals surface area contributed by atoms with Gasteiger partial charge >= 0.3 is 0 Å². The summed E-state index contributed by atoms with van der Waals surface area (Å²) in [5.74, 6) is 0.595. The molecule has 4 rings (SSSR count). The van der Waals surface area contributed by atoms with Crippen molar-refractivity contribution >= 4 is 38.8 Å². The zero-order valence-corrected chi connectivity index (χ0v) is 15.0. The van der Waals surface area contributed by atoms with Crippen molar-refractivity contribution in [3.8, 4) is 11.1 Å². The van der Waals surface area contributed by atoms with Crippen LogP contribution in [0.1, 0.15) is 11.4 Å². The predicted molar refractivity (Wildman–Crippen MR) is 104 cm³/mol. The maximum atomic E-state index is 10.7. The molecular formula is C19H12ClN3O2S. The molecule has 0 aliphatic heterocycles. The van der Waals surface area contributed by atoms with E-state index in [1.54, 1.807) is 12.1 Å². The highest BCUT2D eigenvalue weighted by Gasteiger charge is 2.14. The lowest BCUT2D eigenvalue weighted by atomic mass is 10.1. The summed E-state index contributed by atoms with van der Waals surface area (Å²) >= 11 is 7.99. The monoisotopic (exact) mass is 381 g/mol. The Kier molecular flexibility index (Phi) is 4.36. The molecule has 0 amide bonds. The van der Waals surface area contributed by atoms with E-state index in [1.165, 1.54) is 23.5 Å². The van der Waals surface area contributed by atoms with E-state index in [1.807, 2.05) is 35.7 Å². The van der Waals surface area contributed by atoms with Gasteiger partial charge in [0.25, 0.3) is 5.69 Å². The van der Waals surface area contributed by atoms with E-state index in [-0.39, 0.29) is 5.69 Å². The largest absolute Gasteiger partial charge is 0.269 e. The molecule has 7 heteroatoms. The normalized spacial score (nSPS) is 11.0. The Morgan fingerprint density at radius 3 is 2.46 bits per heavy atom. The Balaban J connectivity index is 1.69. The molecule has 0 aliphatic rings. The van der Waals surface area contributed by atoms with Crippen molar-refractivity contribution in [2.24, 2.45) is 0 Å². The van der Waals surface area contributed by atoms with Crippen molar-refractivity contribution in [1.82, 2.24) is 9.97 Å². The molecule has 0 radical (unpaired) electrons. The molecule has 0 saturated heterocycles. The van der Waals surface area contributed by atoms with Gasteiger partial charge in [0.1, 0.15) is 15.8 Å². The van der Waals surface area contributed by atoms with Gasteiger partial charge in [0.05, 0.1) is 10.3 Å². The molecule has 0 atom stereocenters. The molecule has 128 valence electrons. The Bertz CT molecular complexity index is 1100. The Morgan fingerprint density at radius 1 is 1.04 bits per heavy atom. The van der Waals surface area contributed by atoms with Gasteiger partial charge in [-0.25, -0.2) is 9.97 Å². The van der Waals surface area contributed by atoms with Crippen LogP contribution in [-0.4, -0.2) is 14.9 Å². The number of nitro groups is 1. The van der Waals surface area contributed by atoms with Gasteiger partial charge in [0, 0.05) is 29.5 Å². The molecule has 0 saturated carbocycles. The lowest BCUT2D eigenvalue weighted by molar-refractivity contribution is -0.384. The summed E-state index contributed by atoms with van der Waals surface area (Å²) in [6, 6.07) is 16.4. The number of thiophene rings is 1. The minimum Gasteiger partial charge on any atom is -0.258 e. The van der Waals surface area contributed by atoms with E-state index in [0.717, 1.165) is 26.9 Å². The van der Waals surface area contributed by atoms with Crippen molar-refractivity contribution in [2.75, 3.05) is 0 Å². The van der Waals surface area contributed by atoms with Crippen molar-refractivity contribution < 1.29 is 4.92 Å². The molecule has 0 bridgehead atoms. The van der Waals surface area contributed by atoms with Crippen LogP contribution in [0.4, 0.5) is 5.69 Å². The standard InChI is InChI=1S/C19H12ClN3O2S/c20-18-17-15(13-4-2-1-3-5-13)11-26-19(17)22-16(21-18)10-12-6-8-14(9-7-12)23(24)25/h1-9,11H,10H2. The molecule has 26 heavy (non-hydrogen) atoms. The first-order valence-electron chi connectivity index (χ1n) is 7.84. The van der Waals surface area contributed by atoms with Gasteiger partial charge in [-0.15, -0.1) is 11.3 Å². The zero-order valence-electron chi connectivity index (χ0n) is 13.4. The number of hydrogen-bond donors (Lipinski definition) is 0. The number of benzene rings is 2. The predicted octanol–water partition coefficient (Wildman–Crippen LogP) is 5.51. The van der Waals surface area contributed by atoms with E-state index >= 15 is 0 Å². The van der Waals surface area contributed by atoms with Crippen LogP contribution < -0.4 is 0 Å². The Morgan fingerprint density at radius 2 is 1.77 bits per heavy atom. The minimum absolute atomic E-state index is 0.0638. The molecular weight excluding hydrogens is 370 g/mol. The maximum Gasteiger partial charge on any atom is 0.269 e. The fourth-order valence-corrected chi connectivity index (χ4v) is 4.08. The number of halogens is 1. The van der Waals surface area contributed by atoms with Crippen LogP contribution in [0.15, 0.2) is 60.0 Å². The number of non-ortho nitro benzene ring substituents is 1. The van der Waals surface area contributed by atoms with Crippen LogP contribution >= 0.6 is 22.9 Å². The van der Waals surface area contributed by atoms with Crippen LogP contribution in [0.25, 0.3) is 21.3 Å². The van der Waals surface area contributed by atoms with E-state index in [9.17, 15) is 10.1 Å². The van der Waals surface area contributed by atoms with Crippen molar-refractivity contribution in [3.63, 3.8) is 0 Å². The summed E-state index contributed by atoms with van der Waals surface area (Å²) in [6.07, 6.45) is 0.465. The summed E-state index contributed by atoms with van der Waals surface area (Å²) < 4.78 is 0. The summed E-state index contributed by atoms with van der Waals surface area (Å²) in [5.41, 5.74) is 3.06. The second-order valence-electron chi connectivity index (χ2n) is 5.73. The number of rotatable bonds is 4. The number of nitro benzene ring substituents is 1.